The molecule has 5 N–H and O–H groups in total. The van der Waals surface area contributed by atoms with Crippen LogP contribution in [-0.4, -0.2) is 76.5 Å². The van der Waals surface area contributed by atoms with Crippen molar-refractivity contribution in [1.29, 1.82) is 0 Å². The van der Waals surface area contributed by atoms with E-state index in [-0.39, 0.29) is 27.7 Å². The van der Waals surface area contributed by atoms with Crippen molar-refractivity contribution in [2.75, 3.05) is 19.8 Å². The second kappa shape index (κ2) is 20.8. The van der Waals surface area contributed by atoms with E-state index >= 15 is 0 Å². The summed E-state index contributed by atoms with van der Waals surface area (Å²) in [6, 6.07) is 0. The van der Waals surface area contributed by atoms with Gasteiger partial charge in [-0.15, -0.1) is 0 Å². The van der Waals surface area contributed by atoms with E-state index in [1.165, 1.54) is 0 Å². The first-order valence-corrected chi connectivity index (χ1v) is 8.20. The highest BCUT2D eigenvalue weighted by atomic mass is 32.3. The van der Waals surface area contributed by atoms with Crippen LogP contribution in [0.1, 0.15) is 35.0 Å². The monoisotopic (exact) mass is 411 g/mol. The lowest BCUT2D eigenvalue weighted by atomic mass is 10.4. The van der Waals surface area contributed by atoms with E-state index in [1.54, 1.807) is 20.8 Å². The topological polar surface area (TPSA) is 222 Å². The first kappa shape index (κ1) is 31.5. The lowest BCUT2D eigenvalue weighted by Crippen LogP contribution is -2.13. The zero-order valence-electron chi connectivity index (χ0n) is 14.4. The van der Waals surface area contributed by atoms with Gasteiger partial charge in [0.25, 0.3) is 0 Å². The minimum atomic E-state index is -4.67. The van der Waals surface area contributed by atoms with E-state index in [0.29, 0.717) is 0 Å². The fraction of sp³-hybridized carbons (Fsp3) is 0.667. The van der Waals surface area contributed by atoms with Crippen molar-refractivity contribution in [2.24, 2.45) is 0 Å². The molecular weight excluding hydrogens is 384 g/mol. The number of carbonyl (C=O) groups excluding carboxylic acids is 2. The molecule has 0 bridgehead atoms. The Kier molecular flexibility index (Phi) is 25.1. The zero-order valence-corrected chi connectivity index (χ0v) is 15.3. The number of rotatable bonds is 6. The number of aliphatic hydroxyl groups is 1. The Balaban J connectivity index is -0.0000000873. The lowest BCUT2D eigenvalue weighted by molar-refractivity contribution is -0.154. The van der Waals surface area contributed by atoms with Crippen LogP contribution in [0.25, 0.3) is 0 Å². The van der Waals surface area contributed by atoms with E-state index in [1.807, 2.05) is 0 Å². The van der Waals surface area contributed by atoms with E-state index in [0.717, 1.165) is 0 Å². The molecule has 14 heteroatoms. The van der Waals surface area contributed by atoms with Crippen molar-refractivity contribution in [3.05, 3.63) is 0 Å². The number of carbonyl (C=O) groups is 4. The summed E-state index contributed by atoms with van der Waals surface area (Å²) in [6.07, 6.45) is -1.10. The third-order valence-electron chi connectivity index (χ3n) is 1.20. The van der Waals surface area contributed by atoms with Gasteiger partial charge in [-0.2, -0.15) is 8.42 Å². The maximum Gasteiger partial charge on any atom is 0.394 e. The van der Waals surface area contributed by atoms with Crippen molar-refractivity contribution < 1.29 is 62.9 Å². The molecule has 158 valence electrons. The Labute approximate surface area is 151 Å². The number of aliphatic carboxylic acids is 2. The van der Waals surface area contributed by atoms with Crippen LogP contribution < -0.4 is 0 Å². The molecule has 0 atom stereocenters. The molecule has 0 saturated carbocycles. The molecule has 0 aliphatic rings. The van der Waals surface area contributed by atoms with E-state index in [4.69, 9.17) is 32.8 Å². The van der Waals surface area contributed by atoms with Gasteiger partial charge >= 0.3 is 34.3 Å². The third-order valence-corrected chi connectivity index (χ3v) is 1.20. The van der Waals surface area contributed by atoms with Crippen LogP contribution in [0.5, 0.6) is 0 Å². The Morgan fingerprint density at radius 1 is 0.808 bits per heavy atom. The molecule has 0 aliphatic carbocycles. The summed E-state index contributed by atoms with van der Waals surface area (Å²) < 4.78 is 40.6. The SMILES string of the molecule is CCO.CCOC(=O)CC(=O)OCC.O=C(O)CC(=O)O.O=S(=O)(O)O.[2HH]. The number of carboxylic acid groups (broad SMARTS) is 2. The molecule has 0 unspecified atom stereocenters. The molecule has 0 aromatic rings. The number of carboxylic acids is 2. The van der Waals surface area contributed by atoms with Gasteiger partial charge in [0.2, 0.25) is 0 Å². The molecule has 0 aliphatic heterocycles. The minimum Gasteiger partial charge on any atom is -0.481 e. The lowest BCUT2D eigenvalue weighted by Gasteiger charge is -2.00. The fourth-order valence-corrected chi connectivity index (χ4v) is 0.671. The van der Waals surface area contributed by atoms with Gasteiger partial charge in [-0.3, -0.25) is 28.3 Å². The average Bonchev–Trinajstić information content (AvgIpc) is 2.36. The van der Waals surface area contributed by atoms with Crippen molar-refractivity contribution in [1.82, 2.24) is 0 Å². The molecule has 0 aromatic heterocycles. The standard InChI is InChI=1S/C7H12O4.C3H4O4.C2H6O.H2O4S.H2/c1-3-10-6(8)5-7(9)11-4-2;4-2(5)1-3(6)7;1-2-3;1-5(2,3)4;/h3-5H2,1-2H3;1H2,(H,4,5)(H,6,7);3H,2H2,1H3;(H2,1,2,3,4);1H/i;;;;1+1. The average molecular weight is 411 g/mol. The van der Waals surface area contributed by atoms with Gasteiger partial charge in [0.1, 0.15) is 12.8 Å². The van der Waals surface area contributed by atoms with E-state index < -0.39 is 40.7 Å². The summed E-state index contributed by atoms with van der Waals surface area (Å²) in [5, 5.41) is 23.0. The molecule has 13 nitrogen and oxygen atoms in total. The molecule has 0 rings (SSSR count). The highest BCUT2D eigenvalue weighted by Gasteiger charge is 2.09. The highest BCUT2D eigenvalue weighted by molar-refractivity contribution is 7.79. The van der Waals surface area contributed by atoms with Crippen molar-refractivity contribution in [2.45, 2.75) is 33.6 Å². The van der Waals surface area contributed by atoms with Crippen molar-refractivity contribution in [3.63, 3.8) is 0 Å². The molecule has 0 radical (unpaired) electrons. The summed E-state index contributed by atoms with van der Waals surface area (Å²) in [7, 11) is -4.67. The number of esters is 2. The minimum absolute atomic E-state index is 0. The summed E-state index contributed by atoms with van der Waals surface area (Å²) in [6.45, 7) is 5.88. The van der Waals surface area contributed by atoms with E-state index in [9.17, 15) is 19.2 Å². The van der Waals surface area contributed by atoms with Gasteiger partial charge in [0.05, 0.1) is 13.2 Å². The Hall–Kier alpha value is -2.29. The molecule has 0 spiro atoms. The van der Waals surface area contributed by atoms with Gasteiger partial charge in [-0.1, -0.05) is 0 Å². The Morgan fingerprint density at radius 3 is 1.15 bits per heavy atom. The summed E-state index contributed by atoms with van der Waals surface area (Å²) in [5.41, 5.74) is 0. The van der Waals surface area contributed by atoms with Gasteiger partial charge in [0, 0.05) is 8.03 Å². The maximum atomic E-state index is 10.6. The van der Waals surface area contributed by atoms with Crippen molar-refractivity contribution >= 4 is 34.3 Å². The Bertz CT molecular complexity index is 467. The molecule has 0 heterocycles. The van der Waals surface area contributed by atoms with Crippen LogP contribution in [0, 0.1) is 0 Å². The van der Waals surface area contributed by atoms with Gasteiger partial charge in [-0.25, -0.2) is 0 Å². The van der Waals surface area contributed by atoms with Crippen LogP contribution in [0.3, 0.4) is 0 Å². The van der Waals surface area contributed by atoms with E-state index in [2.05, 4.69) is 9.47 Å². The van der Waals surface area contributed by atoms with Crippen molar-refractivity contribution in [3.8, 4) is 0 Å². The van der Waals surface area contributed by atoms with Gasteiger partial charge in [0.15, 0.2) is 0 Å². The predicted octanol–water partition coefficient (Wildman–Crippen LogP) is -0.360. The van der Waals surface area contributed by atoms with Crippen LogP contribution in [-0.2, 0) is 39.1 Å². The molecule has 0 fully saturated rings. The Morgan fingerprint density at radius 2 is 1.04 bits per heavy atom. The number of hydrogen-bond donors (Lipinski definition) is 5. The predicted molar refractivity (Wildman–Crippen MR) is 86.8 cm³/mol. The van der Waals surface area contributed by atoms with Crippen LogP contribution in [0.4, 0.5) is 0 Å². The third kappa shape index (κ3) is 67.9. The quantitative estimate of drug-likeness (QED) is 0.214. The molecular formula is C12H26O13S. The van der Waals surface area contributed by atoms with Crippen LogP contribution >= 0.6 is 0 Å². The number of aliphatic hydroxyl groups excluding tert-OH is 1. The van der Waals surface area contributed by atoms with Gasteiger partial charge < -0.3 is 24.8 Å². The number of hydrogen-bond acceptors (Lipinski definition) is 9. The second-order valence-electron chi connectivity index (χ2n) is 3.52. The summed E-state index contributed by atoms with van der Waals surface area (Å²) in [4.78, 5) is 40.1. The first-order chi connectivity index (χ1) is 11.7. The summed E-state index contributed by atoms with van der Waals surface area (Å²) >= 11 is 0. The smallest absolute Gasteiger partial charge is 0.394 e. The van der Waals surface area contributed by atoms with Crippen LogP contribution in [0.2, 0.25) is 0 Å². The molecule has 26 heavy (non-hydrogen) atoms. The number of ether oxygens (including phenoxy) is 2. The molecule has 0 amide bonds. The normalized spacial score (nSPS) is 8.85. The van der Waals surface area contributed by atoms with Gasteiger partial charge in [-0.05, 0) is 20.8 Å². The molecule has 0 aromatic carbocycles. The second-order valence-corrected chi connectivity index (χ2v) is 4.41. The fourth-order valence-electron chi connectivity index (χ4n) is 0.671. The van der Waals surface area contributed by atoms with Crippen LogP contribution in [0.15, 0.2) is 0 Å². The first-order valence-electron chi connectivity index (χ1n) is 6.80. The molecule has 0 saturated heterocycles. The largest absolute Gasteiger partial charge is 0.481 e. The maximum absolute atomic E-state index is 10.6. The zero-order chi connectivity index (χ0) is 21.8. The summed E-state index contributed by atoms with van der Waals surface area (Å²) in [5.74, 6) is -3.70. The highest BCUT2D eigenvalue weighted by Crippen LogP contribution is 1.89.